The molecule has 0 aromatic heterocycles. The fraction of sp³-hybridized carbons (Fsp3) is 0.294. The quantitative estimate of drug-likeness (QED) is 0.875. The summed E-state index contributed by atoms with van der Waals surface area (Å²) < 4.78 is 11.4. The fourth-order valence-electron chi connectivity index (χ4n) is 2.00. The van der Waals surface area contributed by atoms with Gasteiger partial charge in [0.05, 0.1) is 6.61 Å². The molecule has 0 saturated heterocycles. The molecular weight excluding hydrogens is 250 g/mol. The highest BCUT2D eigenvalue weighted by Gasteiger charge is 2.11. The molecule has 3 nitrogen and oxygen atoms in total. The van der Waals surface area contributed by atoms with Crippen LogP contribution < -0.4 is 15.2 Å². The summed E-state index contributed by atoms with van der Waals surface area (Å²) in [4.78, 5) is 0. The molecule has 0 aliphatic heterocycles. The molecule has 0 spiro atoms. The molecule has 0 aliphatic rings. The van der Waals surface area contributed by atoms with E-state index in [-0.39, 0.29) is 6.10 Å². The number of hydrogen-bond acceptors (Lipinski definition) is 3. The van der Waals surface area contributed by atoms with E-state index in [2.05, 4.69) is 31.2 Å². The lowest BCUT2D eigenvalue weighted by atomic mass is 10.1. The van der Waals surface area contributed by atoms with Gasteiger partial charge in [-0.2, -0.15) is 0 Å². The molecule has 2 aromatic rings. The van der Waals surface area contributed by atoms with Crippen LogP contribution in [0.1, 0.15) is 24.2 Å². The predicted molar refractivity (Wildman–Crippen MR) is 81.2 cm³/mol. The van der Waals surface area contributed by atoms with Crippen molar-refractivity contribution in [3.63, 3.8) is 0 Å². The fourth-order valence-corrected chi connectivity index (χ4v) is 2.00. The number of nitrogens with two attached hydrogens (primary N) is 1. The van der Waals surface area contributed by atoms with Crippen molar-refractivity contribution < 1.29 is 9.47 Å². The van der Waals surface area contributed by atoms with Crippen molar-refractivity contribution >= 4 is 0 Å². The minimum atomic E-state index is -0.146. The van der Waals surface area contributed by atoms with Gasteiger partial charge in [0.25, 0.3) is 0 Å². The van der Waals surface area contributed by atoms with Gasteiger partial charge in [-0.1, -0.05) is 35.9 Å². The van der Waals surface area contributed by atoms with Crippen LogP contribution in [-0.2, 0) is 0 Å². The molecule has 1 atom stereocenters. The van der Waals surface area contributed by atoms with Crippen molar-refractivity contribution in [3.8, 4) is 11.5 Å². The van der Waals surface area contributed by atoms with Crippen LogP contribution in [0, 0.1) is 6.92 Å². The van der Waals surface area contributed by atoms with E-state index in [0.29, 0.717) is 13.2 Å². The molecule has 2 rings (SSSR count). The monoisotopic (exact) mass is 271 g/mol. The number of hydrogen-bond donors (Lipinski definition) is 1. The summed E-state index contributed by atoms with van der Waals surface area (Å²) in [5, 5.41) is 0. The summed E-state index contributed by atoms with van der Waals surface area (Å²) in [6.45, 7) is 5.10. The van der Waals surface area contributed by atoms with Gasteiger partial charge in [-0.3, -0.25) is 0 Å². The topological polar surface area (TPSA) is 44.5 Å². The van der Waals surface area contributed by atoms with Crippen molar-refractivity contribution in [2.45, 2.75) is 20.0 Å². The summed E-state index contributed by atoms with van der Waals surface area (Å²) in [5.74, 6) is 1.58. The summed E-state index contributed by atoms with van der Waals surface area (Å²) in [5.41, 5.74) is 8.14. The maximum atomic E-state index is 5.97. The Kier molecular flexibility index (Phi) is 5.02. The third kappa shape index (κ3) is 3.75. The first-order valence-electron chi connectivity index (χ1n) is 6.89. The zero-order chi connectivity index (χ0) is 14.4. The Hall–Kier alpha value is -2.00. The molecule has 0 heterocycles. The molecule has 0 bridgehead atoms. The Morgan fingerprint density at radius 1 is 1.05 bits per heavy atom. The van der Waals surface area contributed by atoms with Gasteiger partial charge in [0, 0.05) is 12.6 Å². The van der Waals surface area contributed by atoms with E-state index in [4.69, 9.17) is 15.2 Å². The molecule has 0 saturated carbocycles. The molecule has 20 heavy (non-hydrogen) atoms. The van der Waals surface area contributed by atoms with Crippen molar-refractivity contribution in [1.29, 1.82) is 0 Å². The number of rotatable bonds is 6. The van der Waals surface area contributed by atoms with Crippen LogP contribution in [0.3, 0.4) is 0 Å². The van der Waals surface area contributed by atoms with Gasteiger partial charge in [-0.15, -0.1) is 0 Å². The number of ether oxygens (including phenoxy) is 2. The minimum Gasteiger partial charge on any atom is -0.494 e. The SMILES string of the molecule is CCOc1cccc(OC(CN)c2ccc(C)cc2)c1. The van der Waals surface area contributed by atoms with Gasteiger partial charge < -0.3 is 15.2 Å². The largest absolute Gasteiger partial charge is 0.494 e. The third-order valence-corrected chi connectivity index (χ3v) is 3.06. The average Bonchev–Trinajstić information content (AvgIpc) is 2.47. The molecule has 3 heteroatoms. The van der Waals surface area contributed by atoms with Crippen LogP contribution in [0.25, 0.3) is 0 Å². The molecule has 1 unspecified atom stereocenters. The van der Waals surface area contributed by atoms with Crippen LogP contribution >= 0.6 is 0 Å². The molecule has 2 aromatic carbocycles. The van der Waals surface area contributed by atoms with Gasteiger partial charge in [-0.25, -0.2) is 0 Å². The molecule has 0 amide bonds. The molecular formula is C17H21NO2. The number of benzene rings is 2. The van der Waals surface area contributed by atoms with Crippen LogP contribution in [0.15, 0.2) is 48.5 Å². The van der Waals surface area contributed by atoms with E-state index in [0.717, 1.165) is 17.1 Å². The second kappa shape index (κ2) is 6.96. The van der Waals surface area contributed by atoms with Crippen molar-refractivity contribution in [2.24, 2.45) is 5.73 Å². The average molecular weight is 271 g/mol. The molecule has 106 valence electrons. The predicted octanol–water partition coefficient (Wildman–Crippen LogP) is 3.47. The van der Waals surface area contributed by atoms with Crippen molar-refractivity contribution in [3.05, 3.63) is 59.7 Å². The highest BCUT2D eigenvalue weighted by Crippen LogP contribution is 2.25. The van der Waals surface area contributed by atoms with Crippen molar-refractivity contribution in [2.75, 3.05) is 13.2 Å². The lowest BCUT2D eigenvalue weighted by Crippen LogP contribution is -2.18. The molecule has 0 fully saturated rings. The van der Waals surface area contributed by atoms with Crippen LogP contribution in [0.4, 0.5) is 0 Å². The Bertz CT molecular complexity index is 537. The van der Waals surface area contributed by atoms with Gasteiger partial charge in [0.15, 0.2) is 0 Å². The summed E-state index contributed by atoms with van der Waals surface area (Å²) in [6, 6.07) is 15.9. The molecule has 0 aliphatic carbocycles. The lowest BCUT2D eigenvalue weighted by Gasteiger charge is -2.18. The number of aryl methyl sites for hydroxylation is 1. The maximum absolute atomic E-state index is 5.97. The maximum Gasteiger partial charge on any atom is 0.136 e. The Morgan fingerprint density at radius 3 is 2.40 bits per heavy atom. The van der Waals surface area contributed by atoms with Crippen LogP contribution in [0.2, 0.25) is 0 Å². The van der Waals surface area contributed by atoms with Crippen LogP contribution in [-0.4, -0.2) is 13.2 Å². The molecule has 0 radical (unpaired) electrons. The van der Waals surface area contributed by atoms with E-state index >= 15 is 0 Å². The molecule has 2 N–H and O–H groups in total. The first kappa shape index (κ1) is 14.4. The minimum absolute atomic E-state index is 0.146. The highest BCUT2D eigenvalue weighted by atomic mass is 16.5. The smallest absolute Gasteiger partial charge is 0.136 e. The normalized spacial score (nSPS) is 11.9. The van der Waals surface area contributed by atoms with Gasteiger partial charge in [-0.05, 0) is 31.5 Å². The summed E-state index contributed by atoms with van der Waals surface area (Å²) in [6.07, 6.45) is -0.146. The van der Waals surface area contributed by atoms with Gasteiger partial charge >= 0.3 is 0 Å². The van der Waals surface area contributed by atoms with E-state index in [1.807, 2.05) is 31.2 Å². The third-order valence-electron chi connectivity index (χ3n) is 3.06. The Labute approximate surface area is 120 Å². The van der Waals surface area contributed by atoms with E-state index < -0.39 is 0 Å². The van der Waals surface area contributed by atoms with E-state index in [1.54, 1.807) is 0 Å². The first-order valence-corrected chi connectivity index (χ1v) is 6.89. The standard InChI is InChI=1S/C17H21NO2/c1-3-19-15-5-4-6-16(11-15)20-17(12-18)14-9-7-13(2)8-10-14/h4-11,17H,3,12,18H2,1-2H3. The van der Waals surface area contributed by atoms with Crippen LogP contribution in [0.5, 0.6) is 11.5 Å². The zero-order valence-electron chi connectivity index (χ0n) is 12.0. The van der Waals surface area contributed by atoms with E-state index in [1.165, 1.54) is 5.56 Å². The lowest BCUT2D eigenvalue weighted by molar-refractivity contribution is 0.213. The summed E-state index contributed by atoms with van der Waals surface area (Å²) >= 11 is 0. The Morgan fingerprint density at radius 2 is 1.75 bits per heavy atom. The highest BCUT2D eigenvalue weighted by molar-refractivity contribution is 5.34. The van der Waals surface area contributed by atoms with E-state index in [9.17, 15) is 0 Å². The first-order chi connectivity index (χ1) is 9.72. The van der Waals surface area contributed by atoms with Gasteiger partial charge in [0.1, 0.15) is 17.6 Å². The summed E-state index contributed by atoms with van der Waals surface area (Å²) in [7, 11) is 0. The van der Waals surface area contributed by atoms with Crippen molar-refractivity contribution in [1.82, 2.24) is 0 Å². The second-order valence-corrected chi connectivity index (χ2v) is 4.66. The van der Waals surface area contributed by atoms with Gasteiger partial charge in [0.2, 0.25) is 0 Å². The Balaban J connectivity index is 2.13. The second-order valence-electron chi connectivity index (χ2n) is 4.66. The zero-order valence-corrected chi connectivity index (χ0v) is 12.0.